The quantitative estimate of drug-likeness (QED) is 0.774. The van der Waals surface area contributed by atoms with Crippen LogP contribution in [0, 0.1) is 17.7 Å². The van der Waals surface area contributed by atoms with E-state index >= 15 is 0 Å². The van der Waals surface area contributed by atoms with Gasteiger partial charge in [0.1, 0.15) is 5.82 Å². The normalized spacial score (nSPS) is 18.3. The highest BCUT2D eigenvalue weighted by Gasteiger charge is 2.33. The van der Waals surface area contributed by atoms with E-state index in [1.54, 1.807) is 6.07 Å². The second kappa shape index (κ2) is 6.85. The van der Waals surface area contributed by atoms with Crippen molar-refractivity contribution < 1.29 is 4.39 Å². The molecule has 0 aliphatic heterocycles. The topological polar surface area (TPSA) is 12.0 Å². The largest absolute Gasteiger partial charge is 0.313 e. The van der Waals surface area contributed by atoms with Gasteiger partial charge in [0.05, 0.1) is 0 Å². The van der Waals surface area contributed by atoms with Crippen LogP contribution in [0.1, 0.15) is 38.7 Å². The lowest BCUT2D eigenvalue weighted by Gasteiger charge is -2.26. The first-order chi connectivity index (χ1) is 9.11. The molecule has 0 saturated heterocycles. The molecule has 1 fully saturated rings. The molecule has 1 aliphatic rings. The van der Waals surface area contributed by atoms with E-state index < -0.39 is 0 Å². The van der Waals surface area contributed by atoms with Gasteiger partial charge in [-0.1, -0.05) is 29.8 Å². The van der Waals surface area contributed by atoms with Crippen molar-refractivity contribution in [3.63, 3.8) is 0 Å². The molecular formula is C16H23BrFN. The summed E-state index contributed by atoms with van der Waals surface area (Å²) < 4.78 is 14.4. The van der Waals surface area contributed by atoms with Crippen molar-refractivity contribution in [2.24, 2.45) is 11.8 Å². The van der Waals surface area contributed by atoms with Crippen LogP contribution < -0.4 is 5.32 Å². The molecule has 0 radical (unpaired) electrons. The molecule has 1 saturated carbocycles. The fourth-order valence-electron chi connectivity index (χ4n) is 2.66. The molecule has 2 atom stereocenters. The van der Waals surface area contributed by atoms with Gasteiger partial charge in [0, 0.05) is 10.5 Å². The average Bonchev–Trinajstić information content (AvgIpc) is 3.22. The van der Waals surface area contributed by atoms with Gasteiger partial charge in [-0.2, -0.15) is 0 Å². The number of halogens is 2. The molecule has 19 heavy (non-hydrogen) atoms. The van der Waals surface area contributed by atoms with Crippen LogP contribution in [0.3, 0.4) is 0 Å². The van der Waals surface area contributed by atoms with Crippen molar-refractivity contribution in [1.29, 1.82) is 0 Å². The molecule has 2 rings (SSSR count). The zero-order valence-electron chi connectivity index (χ0n) is 11.8. The van der Waals surface area contributed by atoms with Crippen molar-refractivity contribution in [1.82, 2.24) is 5.32 Å². The Balaban J connectivity index is 2.07. The predicted octanol–water partition coefficient (Wildman–Crippen LogP) is 4.55. The smallest absolute Gasteiger partial charge is 0.123 e. The van der Waals surface area contributed by atoms with Crippen molar-refractivity contribution >= 4 is 15.9 Å². The molecule has 106 valence electrons. The minimum Gasteiger partial charge on any atom is -0.313 e. The van der Waals surface area contributed by atoms with E-state index in [0.717, 1.165) is 35.3 Å². The molecule has 1 aliphatic carbocycles. The molecule has 1 nitrogen and oxygen atoms in total. The summed E-state index contributed by atoms with van der Waals surface area (Å²) in [6.45, 7) is 5.55. The maximum Gasteiger partial charge on any atom is 0.123 e. The second-order valence-electron chi connectivity index (χ2n) is 5.70. The summed E-state index contributed by atoms with van der Waals surface area (Å²) in [6.07, 6.45) is 4.75. The van der Waals surface area contributed by atoms with Gasteiger partial charge in [0.15, 0.2) is 0 Å². The Kier molecular flexibility index (Phi) is 5.40. The zero-order valence-corrected chi connectivity index (χ0v) is 13.3. The summed E-state index contributed by atoms with van der Waals surface area (Å²) in [6, 6.07) is 5.42. The van der Waals surface area contributed by atoms with Gasteiger partial charge in [-0.3, -0.25) is 0 Å². The van der Waals surface area contributed by atoms with Gasteiger partial charge in [-0.05, 0) is 67.8 Å². The van der Waals surface area contributed by atoms with Gasteiger partial charge in [-0.25, -0.2) is 4.39 Å². The maximum atomic E-state index is 13.4. The lowest BCUT2D eigenvalue weighted by molar-refractivity contribution is 0.339. The van der Waals surface area contributed by atoms with E-state index in [9.17, 15) is 4.39 Å². The lowest BCUT2D eigenvalue weighted by Crippen LogP contribution is -2.38. The first-order valence-corrected chi connectivity index (χ1v) is 8.08. The molecule has 2 unspecified atom stereocenters. The number of rotatable bonds is 7. The Morgan fingerprint density at radius 2 is 2.16 bits per heavy atom. The van der Waals surface area contributed by atoms with E-state index in [4.69, 9.17) is 0 Å². The van der Waals surface area contributed by atoms with Crippen LogP contribution in [0.4, 0.5) is 4.39 Å². The number of benzene rings is 1. The van der Waals surface area contributed by atoms with E-state index in [-0.39, 0.29) is 5.82 Å². The highest BCUT2D eigenvalue weighted by atomic mass is 79.9. The monoisotopic (exact) mass is 327 g/mol. The summed E-state index contributed by atoms with van der Waals surface area (Å²) in [4.78, 5) is 0. The van der Waals surface area contributed by atoms with Crippen LogP contribution in [0.2, 0.25) is 0 Å². The van der Waals surface area contributed by atoms with Crippen LogP contribution in [-0.2, 0) is 6.42 Å². The van der Waals surface area contributed by atoms with Crippen LogP contribution >= 0.6 is 15.9 Å². The molecule has 1 aromatic carbocycles. The maximum absolute atomic E-state index is 13.4. The van der Waals surface area contributed by atoms with E-state index in [1.165, 1.54) is 18.9 Å². The third-order valence-electron chi connectivity index (χ3n) is 4.10. The van der Waals surface area contributed by atoms with Crippen LogP contribution in [0.5, 0.6) is 0 Å². The number of hydrogen-bond acceptors (Lipinski definition) is 1. The molecule has 1 aromatic rings. The van der Waals surface area contributed by atoms with Gasteiger partial charge < -0.3 is 5.32 Å². The number of nitrogens with one attached hydrogen (secondary N) is 1. The molecule has 0 bridgehead atoms. The van der Waals surface area contributed by atoms with Crippen LogP contribution in [0.15, 0.2) is 22.7 Å². The molecule has 1 N–H and O–H groups in total. The standard InChI is InChI=1S/C16H23BrFN/c1-3-8-19-16(11(2)12-4-5-12)10-13-9-14(18)6-7-15(13)17/h6-7,9,11-12,16,19H,3-5,8,10H2,1-2H3. The Morgan fingerprint density at radius 3 is 2.79 bits per heavy atom. The summed E-state index contributed by atoms with van der Waals surface area (Å²) in [7, 11) is 0. The molecule has 0 amide bonds. The minimum absolute atomic E-state index is 0.147. The first kappa shape index (κ1) is 15.0. The fourth-order valence-corrected chi connectivity index (χ4v) is 3.07. The Morgan fingerprint density at radius 1 is 1.42 bits per heavy atom. The molecule has 0 spiro atoms. The highest BCUT2D eigenvalue weighted by Crippen LogP contribution is 2.39. The number of hydrogen-bond donors (Lipinski definition) is 1. The fraction of sp³-hybridized carbons (Fsp3) is 0.625. The van der Waals surface area contributed by atoms with Crippen molar-refractivity contribution in [2.45, 2.75) is 45.6 Å². The third-order valence-corrected chi connectivity index (χ3v) is 4.88. The summed E-state index contributed by atoms with van der Waals surface area (Å²) >= 11 is 3.53. The molecule has 0 aromatic heterocycles. The zero-order chi connectivity index (χ0) is 13.8. The molecular weight excluding hydrogens is 305 g/mol. The Labute approximate surface area is 124 Å². The van der Waals surface area contributed by atoms with E-state index in [1.807, 2.05) is 6.07 Å². The van der Waals surface area contributed by atoms with Gasteiger partial charge >= 0.3 is 0 Å². The van der Waals surface area contributed by atoms with Crippen LogP contribution in [0.25, 0.3) is 0 Å². The summed E-state index contributed by atoms with van der Waals surface area (Å²) in [5, 5.41) is 3.64. The van der Waals surface area contributed by atoms with E-state index in [0.29, 0.717) is 12.0 Å². The highest BCUT2D eigenvalue weighted by molar-refractivity contribution is 9.10. The average molecular weight is 328 g/mol. The minimum atomic E-state index is -0.147. The Hall–Kier alpha value is -0.410. The van der Waals surface area contributed by atoms with Crippen molar-refractivity contribution in [3.05, 3.63) is 34.1 Å². The van der Waals surface area contributed by atoms with Crippen molar-refractivity contribution in [3.8, 4) is 0 Å². The lowest BCUT2D eigenvalue weighted by atomic mass is 9.91. The summed E-state index contributed by atoms with van der Waals surface area (Å²) in [5.74, 6) is 1.38. The molecule has 0 heterocycles. The Bertz CT molecular complexity index is 417. The van der Waals surface area contributed by atoms with E-state index in [2.05, 4.69) is 35.1 Å². The van der Waals surface area contributed by atoms with Gasteiger partial charge in [0.25, 0.3) is 0 Å². The van der Waals surface area contributed by atoms with Crippen molar-refractivity contribution in [2.75, 3.05) is 6.54 Å². The third kappa shape index (κ3) is 4.28. The van der Waals surface area contributed by atoms with Crippen LogP contribution in [-0.4, -0.2) is 12.6 Å². The summed E-state index contributed by atoms with van der Waals surface area (Å²) in [5.41, 5.74) is 1.07. The first-order valence-electron chi connectivity index (χ1n) is 7.29. The van der Waals surface area contributed by atoms with Gasteiger partial charge in [0.2, 0.25) is 0 Å². The predicted molar refractivity (Wildman–Crippen MR) is 81.8 cm³/mol. The van der Waals surface area contributed by atoms with Gasteiger partial charge in [-0.15, -0.1) is 0 Å². The SMILES string of the molecule is CCCNC(Cc1cc(F)ccc1Br)C(C)C1CC1. The second-order valence-corrected chi connectivity index (χ2v) is 6.55. The molecule has 3 heteroatoms.